The number of rotatable bonds is 7. The lowest BCUT2D eigenvalue weighted by atomic mass is 9.53. The highest BCUT2D eigenvalue weighted by atomic mass is 19.1. The van der Waals surface area contributed by atoms with Crippen molar-refractivity contribution in [1.29, 1.82) is 5.26 Å². The number of anilines is 1. The Labute approximate surface area is 221 Å². The molecule has 198 valence electrons. The number of hydrogen-bond acceptors (Lipinski definition) is 6. The van der Waals surface area contributed by atoms with Crippen LogP contribution in [0.2, 0.25) is 0 Å². The van der Waals surface area contributed by atoms with Crippen molar-refractivity contribution < 1.29 is 14.3 Å². The van der Waals surface area contributed by atoms with Gasteiger partial charge in [0.25, 0.3) is 5.91 Å². The molecule has 1 atom stereocenters. The maximum atomic E-state index is 14.4. The van der Waals surface area contributed by atoms with Gasteiger partial charge in [0.15, 0.2) is 0 Å². The van der Waals surface area contributed by atoms with Gasteiger partial charge in [0.2, 0.25) is 0 Å². The number of nitrogens with zero attached hydrogens (tertiary/aromatic N) is 4. The van der Waals surface area contributed by atoms with Gasteiger partial charge >= 0.3 is 0 Å². The average Bonchev–Trinajstić information content (AvgIpc) is 3.28. The van der Waals surface area contributed by atoms with E-state index in [2.05, 4.69) is 26.7 Å². The molecular formula is C29H33FN6O2. The van der Waals surface area contributed by atoms with E-state index in [-0.39, 0.29) is 12.1 Å². The van der Waals surface area contributed by atoms with Gasteiger partial charge in [0, 0.05) is 35.6 Å². The molecule has 4 aliphatic rings. The first-order valence-electron chi connectivity index (χ1n) is 13.4. The molecule has 8 nitrogen and oxygen atoms in total. The summed E-state index contributed by atoms with van der Waals surface area (Å²) in [6.07, 6.45) is 10.5. The second-order valence-electron chi connectivity index (χ2n) is 12.2. The monoisotopic (exact) mass is 516 g/mol. The fourth-order valence-corrected chi connectivity index (χ4v) is 7.21. The van der Waals surface area contributed by atoms with E-state index in [0.29, 0.717) is 28.3 Å². The first-order chi connectivity index (χ1) is 18.1. The normalized spacial score (nSPS) is 26.8. The second-order valence-corrected chi connectivity index (χ2v) is 12.2. The fraction of sp³-hybridized carbons (Fsp3) is 0.517. The summed E-state index contributed by atoms with van der Waals surface area (Å²) in [4.78, 5) is 22.3. The number of fused-ring (bicyclic) bond motifs is 1. The summed E-state index contributed by atoms with van der Waals surface area (Å²) in [6, 6.07) is 7.65. The Kier molecular flexibility index (Phi) is 5.91. The molecule has 7 rings (SSSR count). The zero-order valence-electron chi connectivity index (χ0n) is 21.7. The number of aromatic nitrogens is 3. The quantitative estimate of drug-likeness (QED) is 0.426. The third kappa shape index (κ3) is 4.51. The highest BCUT2D eigenvalue weighted by Gasteiger charge is 2.51. The van der Waals surface area contributed by atoms with E-state index in [1.807, 2.05) is 22.9 Å². The van der Waals surface area contributed by atoms with Gasteiger partial charge in [-0.25, -0.2) is 14.4 Å². The number of aliphatic hydroxyl groups is 1. The SMILES string of the molecule is CC(C)(O)[C@H](F)CNC(=O)c1cnc(-n2ccc3cc(C#N)cnc32)cc1NC12CC3CC(CC(C3)C1)C2. The largest absolute Gasteiger partial charge is 0.387 e. The van der Waals surface area contributed by atoms with Crippen molar-refractivity contribution >= 4 is 22.6 Å². The van der Waals surface area contributed by atoms with Crippen molar-refractivity contribution in [2.75, 3.05) is 11.9 Å². The van der Waals surface area contributed by atoms with Crippen LogP contribution >= 0.6 is 0 Å². The molecule has 1 amide bonds. The van der Waals surface area contributed by atoms with Crippen LogP contribution in [0.4, 0.5) is 10.1 Å². The smallest absolute Gasteiger partial charge is 0.255 e. The lowest BCUT2D eigenvalue weighted by molar-refractivity contribution is -0.00177. The number of nitrogens with one attached hydrogen (secondary N) is 2. The van der Waals surface area contributed by atoms with Gasteiger partial charge < -0.3 is 15.7 Å². The van der Waals surface area contributed by atoms with Crippen LogP contribution in [0.15, 0.2) is 36.8 Å². The number of halogens is 1. The van der Waals surface area contributed by atoms with Crippen LogP contribution in [-0.4, -0.2) is 49.4 Å². The van der Waals surface area contributed by atoms with E-state index in [9.17, 15) is 19.6 Å². The molecule has 3 aromatic heterocycles. The molecule has 4 saturated carbocycles. The molecule has 0 aromatic carbocycles. The summed E-state index contributed by atoms with van der Waals surface area (Å²) < 4.78 is 16.2. The molecule has 0 saturated heterocycles. The number of carbonyl (C=O) groups excluding carboxylic acids is 1. The lowest BCUT2D eigenvalue weighted by Crippen LogP contribution is -2.55. The summed E-state index contributed by atoms with van der Waals surface area (Å²) in [5.41, 5.74) is 0.559. The van der Waals surface area contributed by atoms with E-state index in [4.69, 9.17) is 0 Å². The summed E-state index contributed by atoms with van der Waals surface area (Å²) in [5, 5.41) is 26.4. The second kappa shape index (κ2) is 9.05. The number of hydrogen-bond donors (Lipinski definition) is 3. The van der Waals surface area contributed by atoms with Crippen LogP contribution < -0.4 is 10.6 Å². The Morgan fingerprint density at radius 2 is 1.89 bits per heavy atom. The summed E-state index contributed by atoms with van der Waals surface area (Å²) in [6.45, 7) is 2.47. The zero-order valence-corrected chi connectivity index (χ0v) is 21.7. The Balaban J connectivity index is 1.35. The number of nitriles is 1. The molecule has 9 heteroatoms. The molecular weight excluding hydrogens is 483 g/mol. The van der Waals surface area contributed by atoms with Crippen molar-refractivity contribution in [2.45, 2.75) is 69.7 Å². The van der Waals surface area contributed by atoms with Crippen molar-refractivity contribution in [2.24, 2.45) is 17.8 Å². The molecule has 3 heterocycles. The first kappa shape index (κ1) is 24.8. The minimum Gasteiger partial charge on any atom is -0.387 e. The van der Waals surface area contributed by atoms with E-state index in [1.54, 1.807) is 6.07 Å². The van der Waals surface area contributed by atoms with Gasteiger partial charge in [-0.3, -0.25) is 9.36 Å². The zero-order chi connectivity index (χ0) is 26.7. The van der Waals surface area contributed by atoms with Gasteiger partial charge in [-0.15, -0.1) is 0 Å². The molecule has 0 unspecified atom stereocenters. The highest BCUT2D eigenvalue weighted by Crippen LogP contribution is 2.56. The minimum atomic E-state index is -1.60. The maximum Gasteiger partial charge on any atom is 0.255 e. The average molecular weight is 517 g/mol. The Morgan fingerprint density at radius 1 is 1.21 bits per heavy atom. The van der Waals surface area contributed by atoms with Gasteiger partial charge in [0.1, 0.15) is 23.7 Å². The number of carbonyl (C=O) groups is 1. The topological polar surface area (TPSA) is 116 Å². The molecule has 3 N–H and O–H groups in total. The van der Waals surface area contributed by atoms with E-state index >= 15 is 0 Å². The molecule has 0 aliphatic heterocycles. The Bertz CT molecular complexity index is 1400. The summed E-state index contributed by atoms with van der Waals surface area (Å²) in [5.74, 6) is 2.33. The van der Waals surface area contributed by atoms with E-state index < -0.39 is 17.7 Å². The minimum absolute atomic E-state index is 0.0587. The van der Waals surface area contributed by atoms with Crippen molar-refractivity contribution in [3.8, 4) is 11.9 Å². The molecule has 3 aromatic rings. The highest BCUT2D eigenvalue weighted by molar-refractivity contribution is 5.99. The maximum absolute atomic E-state index is 14.4. The van der Waals surface area contributed by atoms with Crippen LogP contribution in [0.3, 0.4) is 0 Å². The molecule has 0 radical (unpaired) electrons. The van der Waals surface area contributed by atoms with Crippen molar-refractivity contribution in [3.63, 3.8) is 0 Å². The standard InChI is InChI=1S/C29H33FN6O2/c1-28(2,38)24(30)16-34-27(37)22-15-32-25(36-4-3-21-8-20(13-31)14-33-26(21)36)9-23(22)35-29-10-17-5-18(11-29)7-19(6-17)12-29/h3-4,8-9,14-15,17-19,24,38H,5-7,10-12,16H2,1-2H3,(H,32,35)(H,34,37)/t17?,18?,19?,24-,29?/m1/s1. The Morgan fingerprint density at radius 3 is 2.53 bits per heavy atom. The lowest BCUT2D eigenvalue weighted by Gasteiger charge is -2.57. The van der Waals surface area contributed by atoms with Crippen LogP contribution in [0.1, 0.15) is 68.3 Å². The molecule has 4 fully saturated rings. The van der Waals surface area contributed by atoms with Gasteiger partial charge in [0.05, 0.1) is 29.0 Å². The first-order valence-corrected chi connectivity index (χ1v) is 13.4. The van der Waals surface area contributed by atoms with Crippen LogP contribution in [0, 0.1) is 29.1 Å². The predicted molar refractivity (Wildman–Crippen MR) is 142 cm³/mol. The number of pyridine rings is 2. The third-order valence-corrected chi connectivity index (χ3v) is 8.68. The molecule has 0 spiro atoms. The number of alkyl halides is 1. The third-order valence-electron chi connectivity index (χ3n) is 8.68. The van der Waals surface area contributed by atoms with Gasteiger partial charge in [-0.1, -0.05) is 0 Å². The van der Waals surface area contributed by atoms with Crippen LogP contribution in [-0.2, 0) is 0 Å². The van der Waals surface area contributed by atoms with E-state index in [1.165, 1.54) is 45.5 Å². The fourth-order valence-electron chi connectivity index (χ4n) is 7.21. The van der Waals surface area contributed by atoms with E-state index in [0.717, 1.165) is 42.4 Å². The summed E-state index contributed by atoms with van der Waals surface area (Å²) >= 11 is 0. The van der Waals surface area contributed by atoms with Crippen LogP contribution in [0.25, 0.3) is 16.9 Å². The van der Waals surface area contributed by atoms with Crippen molar-refractivity contribution in [3.05, 3.63) is 47.9 Å². The van der Waals surface area contributed by atoms with Crippen LogP contribution in [0.5, 0.6) is 0 Å². The molecule has 38 heavy (non-hydrogen) atoms. The summed E-state index contributed by atoms with van der Waals surface area (Å²) in [7, 11) is 0. The molecule has 4 aliphatic carbocycles. The number of amides is 1. The van der Waals surface area contributed by atoms with Gasteiger partial charge in [-0.2, -0.15) is 5.26 Å². The predicted octanol–water partition coefficient (Wildman–Crippen LogP) is 4.51. The van der Waals surface area contributed by atoms with Gasteiger partial charge in [-0.05, 0) is 82.3 Å². The Hall–Kier alpha value is -3.51. The van der Waals surface area contributed by atoms with Crippen molar-refractivity contribution in [1.82, 2.24) is 19.9 Å². The molecule has 4 bridgehead atoms.